The number of amidine groups is 1. The Balaban J connectivity index is 1.45. The highest BCUT2D eigenvalue weighted by Gasteiger charge is 2.38. The van der Waals surface area contributed by atoms with E-state index in [0.29, 0.717) is 22.4 Å². The Morgan fingerprint density at radius 3 is 2.76 bits per heavy atom. The first kappa shape index (κ1) is 24.9. The molecule has 1 atom stereocenters. The molecular weight excluding hydrogens is 512 g/mol. The number of benzene rings is 2. The van der Waals surface area contributed by atoms with E-state index < -0.39 is 5.25 Å². The van der Waals surface area contributed by atoms with E-state index in [1.54, 1.807) is 29.5 Å². The molecule has 1 amide bonds. The highest BCUT2D eigenvalue weighted by Crippen LogP contribution is 2.32. The molecule has 0 saturated carbocycles. The number of nitrogens with zero attached hydrogens (tertiary/aromatic N) is 3. The summed E-state index contributed by atoms with van der Waals surface area (Å²) in [6.45, 7) is 1.74. The second kappa shape index (κ2) is 11.1. The van der Waals surface area contributed by atoms with Crippen molar-refractivity contribution >= 4 is 57.5 Å². The number of rotatable bonds is 8. The monoisotopic (exact) mass is 534 g/mol. The van der Waals surface area contributed by atoms with Crippen LogP contribution < -0.4 is 0 Å². The van der Waals surface area contributed by atoms with Gasteiger partial charge in [0.25, 0.3) is 0 Å². The van der Waals surface area contributed by atoms with Gasteiger partial charge in [-0.15, -0.1) is 5.10 Å². The van der Waals surface area contributed by atoms with Gasteiger partial charge in [0.05, 0.1) is 36.6 Å². The molecular formula is C27H23ClN4O4S. The Morgan fingerprint density at radius 2 is 2.00 bits per heavy atom. The Kier molecular flexibility index (Phi) is 7.43. The zero-order chi connectivity index (χ0) is 25.8. The largest absolute Gasteiger partial charge is 0.467 e. The number of esters is 1. The van der Waals surface area contributed by atoms with Crippen molar-refractivity contribution in [2.24, 2.45) is 10.2 Å². The van der Waals surface area contributed by atoms with E-state index in [9.17, 15) is 9.59 Å². The minimum atomic E-state index is -0.430. The van der Waals surface area contributed by atoms with Crippen LogP contribution in [0, 0.1) is 0 Å². The lowest BCUT2D eigenvalue weighted by molar-refractivity contribution is -0.141. The van der Waals surface area contributed by atoms with Crippen LogP contribution in [0.1, 0.15) is 24.7 Å². The van der Waals surface area contributed by atoms with Gasteiger partial charge in [-0.25, -0.2) is 0 Å². The number of amides is 1. The van der Waals surface area contributed by atoms with Crippen LogP contribution >= 0.6 is 23.4 Å². The van der Waals surface area contributed by atoms with Crippen molar-refractivity contribution in [1.82, 2.24) is 9.88 Å². The van der Waals surface area contributed by atoms with Gasteiger partial charge >= 0.3 is 5.97 Å². The van der Waals surface area contributed by atoms with E-state index >= 15 is 0 Å². The SMILES string of the molecule is CC(=O)OCCC1S/C(=N\N=C\c2c(-c3ccc(Cl)cc3)[nH]c3ccccc23)N(Cc2ccco2)C1=O. The molecule has 2 aromatic carbocycles. The predicted molar refractivity (Wildman–Crippen MR) is 146 cm³/mol. The number of aromatic nitrogens is 1. The maximum Gasteiger partial charge on any atom is 0.302 e. The van der Waals surface area contributed by atoms with Crippen molar-refractivity contribution in [2.45, 2.75) is 25.1 Å². The summed E-state index contributed by atoms with van der Waals surface area (Å²) in [5.74, 6) is 0.126. The van der Waals surface area contributed by atoms with Crippen molar-refractivity contribution in [3.63, 3.8) is 0 Å². The number of ether oxygens (including phenoxy) is 1. The number of fused-ring (bicyclic) bond motifs is 1. The maximum atomic E-state index is 13.1. The standard InChI is InChI=1S/C27H23ClN4O4S/c1-17(33)35-14-12-24-26(34)32(16-20-5-4-13-36-20)27(37-24)31-29-15-22-21-6-2-3-7-23(21)30-25(22)18-8-10-19(28)11-9-18/h2-11,13,15,24,30H,12,14,16H2,1H3/b29-15+,31-27-. The number of carbonyl (C=O) groups is 2. The van der Waals surface area contributed by atoms with Crippen molar-refractivity contribution in [3.8, 4) is 11.3 Å². The number of carbonyl (C=O) groups excluding carboxylic acids is 2. The summed E-state index contributed by atoms with van der Waals surface area (Å²) in [5, 5.41) is 10.5. The van der Waals surface area contributed by atoms with Gasteiger partial charge in [-0.3, -0.25) is 14.5 Å². The fraction of sp³-hybridized carbons (Fsp3) is 0.185. The number of hydrogen-bond acceptors (Lipinski definition) is 7. The smallest absolute Gasteiger partial charge is 0.302 e. The average Bonchev–Trinajstić information content (AvgIpc) is 3.60. The molecule has 1 saturated heterocycles. The van der Waals surface area contributed by atoms with Gasteiger partial charge in [-0.1, -0.05) is 53.7 Å². The molecule has 37 heavy (non-hydrogen) atoms. The van der Waals surface area contributed by atoms with E-state index in [-0.39, 0.29) is 25.0 Å². The quantitative estimate of drug-likeness (QED) is 0.173. The molecule has 3 heterocycles. The zero-order valence-corrected chi connectivity index (χ0v) is 21.5. The molecule has 5 rings (SSSR count). The first-order valence-electron chi connectivity index (χ1n) is 11.6. The minimum absolute atomic E-state index is 0.128. The Bertz CT molecular complexity index is 1480. The third kappa shape index (κ3) is 5.63. The highest BCUT2D eigenvalue weighted by molar-refractivity contribution is 8.15. The molecule has 10 heteroatoms. The van der Waals surface area contributed by atoms with Gasteiger partial charge in [0.1, 0.15) is 5.76 Å². The molecule has 0 bridgehead atoms. The normalized spacial score (nSPS) is 16.9. The summed E-state index contributed by atoms with van der Waals surface area (Å²) in [5.41, 5.74) is 3.70. The maximum absolute atomic E-state index is 13.1. The lowest BCUT2D eigenvalue weighted by Gasteiger charge is -2.14. The fourth-order valence-corrected chi connectivity index (χ4v) is 5.26. The minimum Gasteiger partial charge on any atom is -0.467 e. The molecule has 2 aromatic heterocycles. The van der Waals surface area contributed by atoms with Crippen LogP contribution in [0.4, 0.5) is 0 Å². The number of hydrogen-bond donors (Lipinski definition) is 1. The number of aromatic amines is 1. The van der Waals surface area contributed by atoms with Crippen LogP contribution in [0.15, 0.2) is 81.5 Å². The molecule has 0 spiro atoms. The zero-order valence-electron chi connectivity index (χ0n) is 19.9. The number of furan rings is 1. The van der Waals surface area contributed by atoms with E-state index in [4.69, 9.17) is 20.8 Å². The summed E-state index contributed by atoms with van der Waals surface area (Å²) in [7, 11) is 0. The predicted octanol–water partition coefficient (Wildman–Crippen LogP) is 5.87. The number of H-pyrrole nitrogens is 1. The van der Waals surface area contributed by atoms with Crippen LogP contribution in [0.25, 0.3) is 22.2 Å². The molecule has 0 aliphatic carbocycles. The van der Waals surface area contributed by atoms with E-state index in [0.717, 1.165) is 27.7 Å². The Hall–Kier alpha value is -3.82. The van der Waals surface area contributed by atoms with Gasteiger partial charge in [-0.05, 0) is 35.9 Å². The van der Waals surface area contributed by atoms with E-state index in [2.05, 4.69) is 15.2 Å². The van der Waals surface area contributed by atoms with Gasteiger partial charge in [-0.2, -0.15) is 5.10 Å². The summed E-state index contributed by atoms with van der Waals surface area (Å²) < 4.78 is 10.5. The number of halogens is 1. The molecule has 1 fully saturated rings. The average molecular weight is 535 g/mol. The number of para-hydroxylation sites is 1. The van der Waals surface area contributed by atoms with Crippen molar-refractivity contribution in [3.05, 3.63) is 83.3 Å². The summed E-state index contributed by atoms with van der Waals surface area (Å²) in [6.07, 6.45) is 3.63. The summed E-state index contributed by atoms with van der Waals surface area (Å²) in [6, 6.07) is 19.1. The summed E-state index contributed by atoms with van der Waals surface area (Å²) >= 11 is 7.39. The number of thioether (sulfide) groups is 1. The third-order valence-corrected chi connectivity index (χ3v) is 7.30. The van der Waals surface area contributed by atoms with Gasteiger partial charge in [0.15, 0.2) is 5.17 Å². The molecule has 1 aliphatic heterocycles. The second-order valence-corrected chi connectivity index (χ2v) is 9.94. The third-order valence-electron chi connectivity index (χ3n) is 5.81. The van der Waals surface area contributed by atoms with Crippen molar-refractivity contribution < 1.29 is 18.7 Å². The van der Waals surface area contributed by atoms with Gasteiger partial charge in [0.2, 0.25) is 5.91 Å². The Labute approximate surface area is 222 Å². The fourth-order valence-electron chi connectivity index (χ4n) is 4.06. The van der Waals surface area contributed by atoms with Crippen LogP contribution in [0.5, 0.6) is 0 Å². The van der Waals surface area contributed by atoms with Crippen molar-refractivity contribution in [1.29, 1.82) is 0 Å². The first-order valence-corrected chi connectivity index (χ1v) is 12.9. The van der Waals surface area contributed by atoms with Crippen LogP contribution in [-0.2, 0) is 20.9 Å². The lowest BCUT2D eigenvalue weighted by atomic mass is 10.1. The topological polar surface area (TPSA) is 100 Å². The van der Waals surface area contributed by atoms with Crippen LogP contribution in [0.2, 0.25) is 5.02 Å². The Morgan fingerprint density at radius 1 is 1.19 bits per heavy atom. The lowest BCUT2D eigenvalue weighted by Crippen LogP contribution is -2.32. The molecule has 0 radical (unpaired) electrons. The molecule has 1 aliphatic rings. The van der Waals surface area contributed by atoms with Gasteiger partial charge < -0.3 is 14.1 Å². The van der Waals surface area contributed by atoms with E-state index in [1.807, 2.05) is 48.5 Å². The van der Waals surface area contributed by atoms with Crippen LogP contribution in [0.3, 0.4) is 0 Å². The van der Waals surface area contributed by atoms with Crippen molar-refractivity contribution in [2.75, 3.05) is 6.61 Å². The van der Waals surface area contributed by atoms with Crippen LogP contribution in [-0.4, -0.2) is 45.0 Å². The summed E-state index contributed by atoms with van der Waals surface area (Å²) in [4.78, 5) is 29.3. The van der Waals surface area contributed by atoms with E-state index in [1.165, 1.54) is 18.7 Å². The second-order valence-electron chi connectivity index (χ2n) is 8.33. The van der Waals surface area contributed by atoms with Gasteiger partial charge in [0, 0.05) is 34.8 Å². The molecule has 1 unspecified atom stereocenters. The highest BCUT2D eigenvalue weighted by atomic mass is 35.5. The number of nitrogens with one attached hydrogen (secondary N) is 1. The molecule has 1 N–H and O–H groups in total. The molecule has 4 aromatic rings. The molecule has 8 nitrogen and oxygen atoms in total. The first-order chi connectivity index (χ1) is 18.0. The molecule has 188 valence electrons.